The van der Waals surface area contributed by atoms with Crippen LogP contribution in [0.15, 0.2) is 64.2 Å². The van der Waals surface area contributed by atoms with Crippen LogP contribution in [-0.4, -0.2) is 20.3 Å². The molecule has 5 rings (SSSR count). The molecule has 4 aromatic rings. The number of rotatable bonds is 2. The Bertz CT molecular complexity index is 1480. The molecule has 0 amide bonds. The van der Waals surface area contributed by atoms with Gasteiger partial charge < -0.3 is 9.30 Å². The molecule has 1 aliphatic heterocycles. The Balaban J connectivity index is 1.85. The summed E-state index contributed by atoms with van der Waals surface area (Å²) in [5.74, 6) is 0. The highest BCUT2D eigenvalue weighted by Crippen LogP contribution is 2.41. The summed E-state index contributed by atoms with van der Waals surface area (Å²) in [7, 11) is 3.01. The van der Waals surface area contributed by atoms with Gasteiger partial charge in [-0.2, -0.15) is 13.2 Å². The zero-order chi connectivity index (χ0) is 23.5. The molecular formula is C24H20F3N3O3. The smallest absolute Gasteiger partial charge is 0.365 e. The van der Waals surface area contributed by atoms with Crippen LogP contribution in [0, 0.1) is 0 Å². The van der Waals surface area contributed by atoms with Crippen molar-refractivity contribution in [1.29, 1.82) is 0 Å². The third-order valence-electron chi connectivity index (χ3n) is 6.14. The van der Waals surface area contributed by atoms with Crippen molar-refractivity contribution in [1.82, 2.24) is 13.7 Å². The maximum atomic E-state index is 13.3. The summed E-state index contributed by atoms with van der Waals surface area (Å²) in [6.07, 6.45) is -5.19. The first-order valence-electron chi connectivity index (χ1n) is 10.4. The highest BCUT2D eigenvalue weighted by Gasteiger charge is 2.34. The average molecular weight is 455 g/mol. The van der Waals surface area contributed by atoms with E-state index in [1.807, 2.05) is 34.9 Å². The topological polar surface area (TPSA) is 58.2 Å². The van der Waals surface area contributed by atoms with Gasteiger partial charge in [0.05, 0.1) is 34.5 Å². The summed E-state index contributed by atoms with van der Waals surface area (Å²) in [5, 5.41) is 0.378. The lowest BCUT2D eigenvalue weighted by Gasteiger charge is -2.28. The number of alkyl halides is 3. The third kappa shape index (κ3) is 3.22. The molecule has 2 aromatic heterocycles. The molecule has 0 radical (unpaired) electrons. The lowest BCUT2D eigenvalue weighted by Crippen LogP contribution is -2.37. The summed E-state index contributed by atoms with van der Waals surface area (Å²) >= 11 is 0. The molecule has 0 saturated carbocycles. The number of aromatic nitrogens is 3. The van der Waals surface area contributed by atoms with Crippen LogP contribution in [0.2, 0.25) is 0 Å². The lowest BCUT2D eigenvalue weighted by atomic mass is 10.0. The summed E-state index contributed by atoms with van der Waals surface area (Å²) in [6.45, 7) is 0.733. The molecule has 2 aromatic carbocycles. The van der Waals surface area contributed by atoms with Gasteiger partial charge in [-0.3, -0.25) is 13.9 Å². The Morgan fingerprint density at radius 3 is 2.24 bits per heavy atom. The Kier molecular flexibility index (Phi) is 4.82. The largest absolute Gasteiger partial charge is 0.416 e. The van der Waals surface area contributed by atoms with Gasteiger partial charge in [-0.05, 0) is 23.3 Å². The second-order valence-electron chi connectivity index (χ2n) is 8.05. The molecule has 170 valence electrons. The van der Waals surface area contributed by atoms with Crippen LogP contribution in [0.4, 0.5) is 13.2 Å². The molecule has 0 unspecified atom stereocenters. The first kappa shape index (κ1) is 21.3. The van der Waals surface area contributed by atoms with E-state index in [9.17, 15) is 22.8 Å². The van der Waals surface area contributed by atoms with Gasteiger partial charge in [0.2, 0.25) is 0 Å². The number of benzene rings is 2. The fraction of sp³-hybridized carbons (Fsp3) is 0.250. The van der Waals surface area contributed by atoms with Crippen LogP contribution < -0.4 is 11.2 Å². The van der Waals surface area contributed by atoms with Crippen LogP contribution in [0.1, 0.15) is 22.9 Å². The van der Waals surface area contributed by atoms with Crippen molar-refractivity contribution >= 4 is 10.9 Å². The standard InChI is InChI=1S/C24H20F3N3O3/c1-28-19-17(22(31)29(2)23(28)32)18(14-6-4-3-5-7-14)30-12-13-33-21(20(19)30)15-8-10-16(11-9-15)24(25,26)27/h3-11,21H,12-13H2,1-2H3/t21-/m0/s1. The van der Waals surface area contributed by atoms with Gasteiger partial charge in [-0.15, -0.1) is 0 Å². The fourth-order valence-electron chi connectivity index (χ4n) is 4.58. The predicted octanol–water partition coefficient (Wildman–Crippen LogP) is 3.84. The molecule has 9 heteroatoms. The van der Waals surface area contributed by atoms with E-state index in [-0.39, 0.29) is 0 Å². The molecule has 0 aliphatic carbocycles. The van der Waals surface area contributed by atoms with Gasteiger partial charge in [0.15, 0.2) is 0 Å². The van der Waals surface area contributed by atoms with Crippen LogP contribution in [0.3, 0.4) is 0 Å². The molecule has 1 atom stereocenters. The Hall–Kier alpha value is -3.59. The zero-order valence-electron chi connectivity index (χ0n) is 17.9. The molecule has 6 nitrogen and oxygen atoms in total. The molecule has 33 heavy (non-hydrogen) atoms. The van der Waals surface area contributed by atoms with Crippen molar-refractivity contribution in [2.75, 3.05) is 6.61 Å². The van der Waals surface area contributed by atoms with Crippen molar-refractivity contribution < 1.29 is 17.9 Å². The number of hydrogen-bond donors (Lipinski definition) is 0. The molecule has 0 spiro atoms. The van der Waals surface area contributed by atoms with Crippen molar-refractivity contribution in [2.24, 2.45) is 14.1 Å². The summed E-state index contributed by atoms with van der Waals surface area (Å²) < 4.78 is 49.6. The van der Waals surface area contributed by atoms with Crippen molar-refractivity contribution in [3.8, 4) is 11.3 Å². The van der Waals surface area contributed by atoms with Gasteiger partial charge in [-0.1, -0.05) is 42.5 Å². The number of aryl methyl sites for hydroxylation is 1. The minimum Gasteiger partial charge on any atom is -0.365 e. The minimum atomic E-state index is -4.45. The van der Waals surface area contributed by atoms with E-state index < -0.39 is 29.1 Å². The van der Waals surface area contributed by atoms with Gasteiger partial charge in [0, 0.05) is 20.6 Å². The van der Waals surface area contributed by atoms with Gasteiger partial charge in [0.1, 0.15) is 6.10 Å². The maximum Gasteiger partial charge on any atom is 0.416 e. The van der Waals surface area contributed by atoms with Crippen molar-refractivity contribution in [3.63, 3.8) is 0 Å². The van der Waals surface area contributed by atoms with E-state index >= 15 is 0 Å². The highest BCUT2D eigenvalue weighted by molar-refractivity contribution is 5.96. The normalized spacial score (nSPS) is 16.2. The molecule has 0 saturated heterocycles. The number of fused-ring (bicyclic) bond motifs is 3. The number of hydrogen-bond acceptors (Lipinski definition) is 3. The molecule has 3 heterocycles. The maximum absolute atomic E-state index is 13.3. The van der Waals surface area contributed by atoms with E-state index in [0.717, 1.165) is 22.3 Å². The third-order valence-corrected chi connectivity index (χ3v) is 6.14. The van der Waals surface area contributed by atoms with E-state index in [0.29, 0.717) is 41.0 Å². The molecular weight excluding hydrogens is 435 g/mol. The SMILES string of the molecule is Cn1c(=O)c2c(-c3ccccc3)n3c(c2n(C)c1=O)[C@H](c1ccc(C(F)(F)F)cc1)OCC3. The first-order valence-corrected chi connectivity index (χ1v) is 10.4. The second-order valence-corrected chi connectivity index (χ2v) is 8.05. The quantitative estimate of drug-likeness (QED) is 0.462. The summed E-state index contributed by atoms with van der Waals surface area (Å²) in [6, 6.07) is 14.1. The molecule has 0 N–H and O–H groups in total. The van der Waals surface area contributed by atoms with Gasteiger partial charge in [-0.25, -0.2) is 4.79 Å². The molecule has 1 aliphatic rings. The Morgan fingerprint density at radius 2 is 1.61 bits per heavy atom. The number of ether oxygens (including phenoxy) is 1. The highest BCUT2D eigenvalue weighted by atomic mass is 19.4. The number of halogens is 3. The van der Waals surface area contributed by atoms with Crippen molar-refractivity contribution in [2.45, 2.75) is 18.8 Å². The average Bonchev–Trinajstić information content (AvgIpc) is 3.17. The van der Waals surface area contributed by atoms with Crippen LogP contribution >= 0.6 is 0 Å². The van der Waals surface area contributed by atoms with E-state index in [1.54, 1.807) is 7.05 Å². The van der Waals surface area contributed by atoms with E-state index in [2.05, 4.69) is 0 Å². The van der Waals surface area contributed by atoms with Crippen LogP contribution in [0.5, 0.6) is 0 Å². The first-order chi connectivity index (χ1) is 15.7. The minimum absolute atomic E-state index is 0.299. The zero-order valence-corrected chi connectivity index (χ0v) is 17.9. The predicted molar refractivity (Wildman–Crippen MR) is 117 cm³/mol. The van der Waals surface area contributed by atoms with Crippen LogP contribution in [0.25, 0.3) is 22.2 Å². The monoisotopic (exact) mass is 455 g/mol. The summed E-state index contributed by atoms with van der Waals surface area (Å²) in [4.78, 5) is 26.1. The summed E-state index contributed by atoms with van der Waals surface area (Å²) in [5.41, 5.74) is 1.30. The van der Waals surface area contributed by atoms with Crippen molar-refractivity contribution in [3.05, 3.63) is 92.3 Å². The Labute approximate surface area is 186 Å². The van der Waals surface area contributed by atoms with Crippen LogP contribution in [-0.2, 0) is 31.6 Å². The molecule has 0 bridgehead atoms. The van der Waals surface area contributed by atoms with Gasteiger partial charge in [0.25, 0.3) is 5.56 Å². The fourth-order valence-corrected chi connectivity index (χ4v) is 4.58. The van der Waals surface area contributed by atoms with E-state index in [1.165, 1.54) is 23.7 Å². The lowest BCUT2D eigenvalue weighted by molar-refractivity contribution is -0.137. The molecule has 0 fully saturated rings. The van der Waals surface area contributed by atoms with E-state index in [4.69, 9.17) is 4.74 Å². The number of nitrogens with zero attached hydrogens (tertiary/aromatic N) is 3. The Morgan fingerprint density at radius 1 is 0.939 bits per heavy atom. The van der Waals surface area contributed by atoms with Gasteiger partial charge >= 0.3 is 11.9 Å². The second kappa shape index (κ2) is 7.48.